The molecule has 0 unspecified atom stereocenters. The molecular formula is C11H14N2O3. The van der Waals surface area contributed by atoms with Crippen LogP contribution in [-0.4, -0.2) is 29.2 Å². The maximum atomic E-state index is 11.0. The Labute approximate surface area is 93.7 Å². The Balaban J connectivity index is 2.34. The Morgan fingerprint density at radius 3 is 2.56 bits per heavy atom. The minimum Gasteiger partial charge on any atom is -0.288 e. The lowest BCUT2D eigenvalue weighted by Crippen LogP contribution is -2.33. The molecule has 0 amide bonds. The Kier molecular flexibility index (Phi) is 2.89. The molecule has 16 heavy (non-hydrogen) atoms. The fraction of sp³-hybridized carbons (Fsp3) is 0.455. The molecule has 1 fully saturated rings. The highest BCUT2D eigenvalue weighted by Crippen LogP contribution is 2.34. The van der Waals surface area contributed by atoms with E-state index in [0.717, 1.165) is 5.56 Å². The number of hydrogen-bond acceptors (Lipinski definition) is 4. The highest BCUT2D eigenvalue weighted by molar-refractivity contribution is 5.21. The van der Waals surface area contributed by atoms with Gasteiger partial charge in [0.15, 0.2) is 0 Å². The molecule has 1 aromatic carbocycles. The monoisotopic (exact) mass is 222 g/mol. The van der Waals surface area contributed by atoms with E-state index in [1.54, 1.807) is 19.0 Å². The van der Waals surface area contributed by atoms with E-state index in [1.807, 2.05) is 30.3 Å². The van der Waals surface area contributed by atoms with Gasteiger partial charge in [-0.1, -0.05) is 30.3 Å². The topological polar surface area (TPSA) is 55.6 Å². The van der Waals surface area contributed by atoms with Gasteiger partial charge in [-0.05, 0) is 12.5 Å². The summed E-state index contributed by atoms with van der Waals surface area (Å²) in [4.78, 5) is 16.2. The van der Waals surface area contributed by atoms with E-state index in [4.69, 9.17) is 4.84 Å². The fourth-order valence-corrected chi connectivity index (χ4v) is 2.21. The lowest BCUT2D eigenvalue weighted by molar-refractivity contribution is -0.529. The summed E-state index contributed by atoms with van der Waals surface area (Å²) >= 11 is 0. The smallest absolute Gasteiger partial charge is 0.262 e. The normalized spacial score (nSPS) is 30.5. The zero-order valence-electron chi connectivity index (χ0n) is 9.24. The van der Waals surface area contributed by atoms with Gasteiger partial charge < -0.3 is 0 Å². The second-order valence-corrected chi connectivity index (χ2v) is 3.99. The molecule has 0 spiro atoms. The molecule has 1 aliphatic rings. The SMILES string of the molecule is C[C@@H]1ON(C)[C@@H](c2ccccc2)[C@H]1[N+](=O)[O-]. The minimum atomic E-state index is -0.715. The summed E-state index contributed by atoms with van der Waals surface area (Å²) in [5.74, 6) is 0. The van der Waals surface area contributed by atoms with Crippen molar-refractivity contribution < 1.29 is 9.76 Å². The average molecular weight is 222 g/mol. The first kappa shape index (κ1) is 11.0. The van der Waals surface area contributed by atoms with Gasteiger partial charge in [0.05, 0.1) is 0 Å². The van der Waals surface area contributed by atoms with Crippen LogP contribution in [0.2, 0.25) is 0 Å². The lowest BCUT2D eigenvalue weighted by atomic mass is 9.98. The van der Waals surface area contributed by atoms with Gasteiger partial charge in [-0.2, -0.15) is 5.06 Å². The first-order chi connectivity index (χ1) is 7.61. The molecule has 0 saturated carbocycles. The molecule has 1 aliphatic heterocycles. The van der Waals surface area contributed by atoms with Gasteiger partial charge >= 0.3 is 0 Å². The third-order valence-corrected chi connectivity index (χ3v) is 2.91. The zero-order valence-corrected chi connectivity index (χ0v) is 9.24. The number of nitrogens with zero attached hydrogens (tertiary/aromatic N) is 2. The molecule has 1 heterocycles. The van der Waals surface area contributed by atoms with Crippen molar-refractivity contribution in [3.63, 3.8) is 0 Å². The minimum absolute atomic E-state index is 0.258. The highest BCUT2D eigenvalue weighted by atomic mass is 16.7. The van der Waals surface area contributed by atoms with Gasteiger partial charge in [0.1, 0.15) is 12.1 Å². The van der Waals surface area contributed by atoms with E-state index < -0.39 is 12.1 Å². The molecule has 0 aliphatic carbocycles. The maximum Gasteiger partial charge on any atom is 0.262 e. The number of hydroxylamine groups is 2. The van der Waals surface area contributed by atoms with Gasteiger partial charge in [0, 0.05) is 12.0 Å². The largest absolute Gasteiger partial charge is 0.288 e. The number of nitro groups is 1. The van der Waals surface area contributed by atoms with Crippen LogP contribution in [0.25, 0.3) is 0 Å². The Morgan fingerprint density at radius 2 is 2.00 bits per heavy atom. The maximum absolute atomic E-state index is 11.0. The lowest BCUT2D eigenvalue weighted by Gasteiger charge is -2.18. The summed E-state index contributed by atoms with van der Waals surface area (Å²) in [5, 5.41) is 12.6. The molecule has 0 N–H and O–H groups in total. The van der Waals surface area contributed by atoms with Crippen LogP contribution in [-0.2, 0) is 4.84 Å². The van der Waals surface area contributed by atoms with Crippen LogP contribution in [0.3, 0.4) is 0 Å². The molecule has 1 saturated heterocycles. The summed E-state index contributed by atoms with van der Waals surface area (Å²) in [6, 6.07) is 8.40. The van der Waals surface area contributed by atoms with Crippen LogP contribution >= 0.6 is 0 Å². The van der Waals surface area contributed by atoms with E-state index in [2.05, 4.69) is 0 Å². The van der Waals surface area contributed by atoms with E-state index in [-0.39, 0.29) is 11.0 Å². The predicted molar refractivity (Wildman–Crippen MR) is 58.3 cm³/mol. The van der Waals surface area contributed by atoms with Crippen molar-refractivity contribution in [2.24, 2.45) is 0 Å². The molecule has 1 aromatic rings. The summed E-state index contributed by atoms with van der Waals surface area (Å²) in [7, 11) is 1.73. The number of likely N-dealkylation sites (N-methyl/N-ethyl adjacent to an activating group) is 1. The Hall–Kier alpha value is -1.46. The van der Waals surface area contributed by atoms with Crippen molar-refractivity contribution in [2.45, 2.75) is 25.1 Å². The van der Waals surface area contributed by atoms with Gasteiger partial charge in [0.2, 0.25) is 0 Å². The van der Waals surface area contributed by atoms with E-state index in [1.165, 1.54) is 0 Å². The molecule has 5 nitrogen and oxygen atoms in total. The van der Waals surface area contributed by atoms with Crippen molar-refractivity contribution in [2.75, 3.05) is 7.05 Å². The Bertz CT molecular complexity index is 382. The standard InChI is InChI=1S/C11H14N2O3/c1-8-10(13(14)15)11(12(2)16-8)9-6-4-3-5-7-9/h3-8,10-11H,1-2H3/t8-,10-,11-/m0/s1. The van der Waals surface area contributed by atoms with Gasteiger partial charge in [-0.15, -0.1) is 0 Å². The van der Waals surface area contributed by atoms with E-state index in [0.29, 0.717) is 0 Å². The second kappa shape index (κ2) is 4.19. The third kappa shape index (κ3) is 1.79. The Morgan fingerprint density at radius 1 is 1.38 bits per heavy atom. The number of hydrogen-bond donors (Lipinski definition) is 0. The number of benzene rings is 1. The summed E-state index contributed by atoms with van der Waals surface area (Å²) in [5.41, 5.74) is 0.913. The quantitative estimate of drug-likeness (QED) is 0.564. The van der Waals surface area contributed by atoms with Crippen LogP contribution in [0.4, 0.5) is 0 Å². The van der Waals surface area contributed by atoms with Crippen LogP contribution < -0.4 is 0 Å². The number of rotatable bonds is 2. The van der Waals surface area contributed by atoms with Crippen molar-refractivity contribution in [3.8, 4) is 0 Å². The molecule has 0 radical (unpaired) electrons. The highest BCUT2D eigenvalue weighted by Gasteiger charge is 2.48. The van der Waals surface area contributed by atoms with Crippen molar-refractivity contribution >= 4 is 0 Å². The average Bonchev–Trinajstić information content (AvgIpc) is 2.55. The van der Waals surface area contributed by atoms with E-state index >= 15 is 0 Å². The molecular weight excluding hydrogens is 208 g/mol. The van der Waals surface area contributed by atoms with Crippen LogP contribution in [0.1, 0.15) is 18.5 Å². The molecule has 5 heteroatoms. The zero-order chi connectivity index (χ0) is 11.7. The van der Waals surface area contributed by atoms with Gasteiger partial charge in [0.25, 0.3) is 6.04 Å². The third-order valence-electron chi connectivity index (χ3n) is 2.91. The molecule has 2 rings (SSSR count). The van der Waals surface area contributed by atoms with Crippen molar-refractivity contribution in [1.82, 2.24) is 5.06 Å². The predicted octanol–water partition coefficient (Wildman–Crippen LogP) is 1.64. The first-order valence-electron chi connectivity index (χ1n) is 5.19. The van der Waals surface area contributed by atoms with E-state index in [9.17, 15) is 10.1 Å². The van der Waals surface area contributed by atoms with Crippen LogP contribution in [0.15, 0.2) is 30.3 Å². The molecule has 0 aromatic heterocycles. The van der Waals surface area contributed by atoms with Crippen LogP contribution in [0.5, 0.6) is 0 Å². The molecule has 0 bridgehead atoms. The van der Waals surface area contributed by atoms with Crippen molar-refractivity contribution in [3.05, 3.63) is 46.0 Å². The summed E-state index contributed by atoms with van der Waals surface area (Å²) in [6.45, 7) is 1.73. The van der Waals surface area contributed by atoms with Gasteiger partial charge in [-0.3, -0.25) is 15.0 Å². The summed E-state index contributed by atoms with van der Waals surface area (Å²) < 4.78 is 0. The molecule has 3 atom stereocenters. The molecule has 86 valence electrons. The van der Waals surface area contributed by atoms with Crippen LogP contribution in [0, 0.1) is 10.1 Å². The first-order valence-corrected chi connectivity index (χ1v) is 5.19. The second-order valence-electron chi connectivity index (χ2n) is 3.99. The fourth-order valence-electron chi connectivity index (χ4n) is 2.21. The summed E-state index contributed by atoms with van der Waals surface area (Å²) in [6.07, 6.45) is -0.398. The van der Waals surface area contributed by atoms with Gasteiger partial charge in [-0.25, -0.2) is 0 Å². The van der Waals surface area contributed by atoms with Crippen molar-refractivity contribution in [1.29, 1.82) is 0 Å².